The van der Waals surface area contributed by atoms with E-state index < -0.39 is 0 Å². The highest BCUT2D eigenvalue weighted by atomic mass is 35.5. The van der Waals surface area contributed by atoms with Gasteiger partial charge in [0.2, 0.25) is 0 Å². The van der Waals surface area contributed by atoms with Crippen LogP contribution in [0, 0.1) is 0 Å². The molecule has 0 N–H and O–H groups in total. The number of rotatable bonds is 1. The first kappa shape index (κ1) is 12.1. The summed E-state index contributed by atoms with van der Waals surface area (Å²) in [4.78, 5) is 13.7. The Balaban J connectivity index is 3.01. The first-order valence-corrected chi connectivity index (χ1v) is 5.24. The third-order valence-electron chi connectivity index (χ3n) is 2.42. The van der Waals surface area contributed by atoms with Crippen molar-refractivity contribution in [3.63, 3.8) is 0 Å². The normalized spacial score (nSPS) is 11.3. The van der Waals surface area contributed by atoms with E-state index in [9.17, 15) is 4.79 Å². The van der Waals surface area contributed by atoms with Gasteiger partial charge in [0.1, 0.15) is 0 Å². The van der Waals surface area contributed by atoms with Crippen molar-refractivity contribution in [2.24, 2.45) is 0 Å². The molecule has 0 unspecified atom stereocenters. The molecular weight excluding hydrogens is 210 g/mol. The van der Waals surface area contributed by atoms with E-state index in [-0.39, 0.29) is 11.4 Å². The van der Waals surface area contributed by atoms with E-state index in [1.165, 1.54) is 0 Å². The van der Waals surface area contributed by atoms with Crippen LogP contribution in [0.3, 0.4) is 0 Å². The van der Waals surface area contributed by atoms with Gasteiger partial charge < -0.3 is 4.90 Å². The summed E-state index contributed by atoms with van der Waals surface area (Å²) in [5.41, 5.74) is 0.354. The van der Waals surface area contributed by atoms with Gasteiger partial charge in [-0.1, -0.05) is 23.7 Å². The Morgan fingerprint density at radius 1 is 1.27 bits per heavy atom. The number of benzene rings is 1. The Hall–Kier alpha value is -1.02. The molecule has 2 nitrogen and oxygen atoms in total. The lowest BCUT2D eigenvalue weighted by Gasteiger charge is -2.32. The summed E-state index contributed by atoms with van der Waals surface area (Å²) < 4.78 is 0. The van der Waals surface area contributed by atoms with Crippen molar-refractivity contribution in [1.29, 1.82) is 0 Å². The summed E-state index contributed by atoms with van der Waals surface area (Å²) in [7, 11) is 1.78. The molecular formula is C12H16ClNO. The molecule has 0 bridgehead atoms. The fraction of sp³-hybridized carbons (Fsp3) is 0.417. The molecule has 82 valence electrons. The van der Waals surface area contributed by atoms with Crippen LogP contribution in [-0.2, 0) is 0 Å². The molecule has 0 radical (unpaired) electrons. The minimum absolute atomic E-state index is 0.0481. The number of carbonyl (C=O) groups excluding carboxylic acids is 1. The zero-order valence-corrected chi connectivity index (χ0v) is 10.3. The van der Waals surface area contributed by atoms with Gasteiger partial charge in [-0.25, -0.2) is 0 Å². The molecule has 1 amide bonds. The highest BCUT2D eigenvalue weighted by molar-refractivity contribution is 6.33. The number of nitrogens with zero attached hydrogens (tertiary/aromatic N) is 1. The molecule has 1 aromatic rings. The average Bonchev–Trinajstić information content (AvgIpc) is 2.15. The van der Waals surface area contributed by atoms with Gasteiger partial charge in [0.05, 0.1) is 10.6 Å². The van der Waals surface area contributed by atoms with Crippen LogP contribution in [0.1, 0.15) is 31.1 Å². The monoisotopic (exact) mass is 225 g/mol. The quantitative estimate of drug-likeness (QED) is 0.719. The van der Waals surface area contributed by atoms with Crippen LogP contribution >= 0.6 is 11.6 Å². The summed E-state index contributed by atoms with van der Waals surface area (Å²) in [5, 5.41) is 0.499. The zero-order valence-electron chi connectivity index (χ0n) is 9.54. The predicted octanol–water partition coefficient (Wildman–Crippen LogP) is 3.21. The number of hydrogen-bond donors (Lipinski definition) is 0. The minimum atomic E-state index is -0.198. The maximum atomic E-state index is 12.1. The van der Waals surface area contributed by atoms with Crippen molar-refractivity contribution in [1.82, 2.24) is 4.90 Å². The zero-order chi connectivity index (χ0) is 11.6. The number of halogens is 1. The molecule has 0 fully saturated rings. The first-order chi connectivity index (χ1) is 6.84. The van der Waals surface area contributed by atoms with E-state index in [1.807, 2.05) is 32.9 Å². The van der Waals surface area contributed by atoms with Crippen molar-refractivity contribution >= 4 is 17.5 Å². The fourth-order valence-electron chi connectivity index (χ4n) is 1.12. The molecule has 1 rings (SSSR count). The van der Waals surface area contributed by atoms with Crippen LogP contribution in [-0.4, -0.2) is 23.4 Å². The summed E-state index contributed by atoms with van der Waals surface area (Å²) in [6, 6.07) is 7.10. The highest BCUT2D eigenvalue weighted by Crippen LogP contribution is 2.20. The molecule has 0 saturated carbocycles. The summed E-state index contributed by atoms with van der Waals surface area (Å²) in [6.07, 6.45) is 0. The molecule has 0 aliphatic carbocycles. The highest BCUT2D eigenvalue weighted by Gasteiger charge is 2.24. The van der Waals surface area contributed by atoms with E-state index in [1.54, 1.807) is 24.1 Å². The minimum Gasteiger partial charge on any atom is -0.337 e. The van der Waals surface area contributed by atoms with Crippen LogP contribution in [0.5, 0.6) is 0 Å². The Morgan fingerprint density at radius 3 is 2.27 bits per heavy atom. The molecule has 1 aromatic carbocycles. The Morgan fingerprint density at radius 2 is 1.80 bits per heavy atom. The van der Waals surface area contributed by atoms with E-state index in [0.29, 0.717) is 10.6 Å². The largest absolute Gasteiger partial charge is 0.337 e. The van der Waals surface area contributed by atoms with E-state index >= 15 is 0 Å². The third kappa shape index (κ3) is 2.72. The van der Waals surface area contributed by atoms with Crippen LogP contribution in [0.15, 0.2) is 24.3 Å². The van der Waals surface area contributed by atoms with Crippen molar-refractivity contribution in [2.45, 2.75) is 26.3 Å². The molecule has 0 aromatic heterocycles. The average molecular weight is 226 g/mol. The number of amides is 1. The molecule has 0 spiro atoms. The summed E-state index contributed by atoms with van der Waals surface area (Å²) >= 11 is 5.97. The van der Waals surface area contributed by atoms with Gasteiger partial charge in [0, 0.05) is 12.6 Å². The second kappa shape index (κ2) is 4.23. The van der Waals surface area contributed by atoms with Crippen LogP contribution in [0.4, 0.5) is 0 Å². The second-order valence-corrected chi connectivity index (χ2v) is 4.92. The van der Waals surface area contributed by atoms with E-state index in [4.69, 9.17) is 11.6 Å². The van der Waals surface area contributed by atoms with Crippen molar-refractivity contribution < 1.29 is 4.79 Å². The van der Waals surface area contributed by atoms with Gasteiger partial charge >= 0.3 is 0 Å². The third-order valence-corrected chi connectivity index (χ3v) is 2.74. The maximum Gasteiger partial charge on any atom is 0.255 e. The summed E-state index contributed by atoms with van der Waals surface area (Å²) in [5.74, 6) is -0.0481. The van der Waals surface area contributed by atoms with Gasteiger partial charge in [-0.2, -0.15) is 0 Å². The van der Waals surface area contributed by atoms with Gasteiger partial charge in [-0.05, 0) is 32.9 Å². The molecule has 0 aliphatic heterocycles. The molecule has 0 atom stereocenters. The lowest BCUT2D eigenvalue weighted by molar-refractivity contribution is 0.0656. The number of carbonyl (C=O) groups is 1. The SMILES string of the molecule is CN(C(=O)c1ccccc1Cl)C(C)(C)C. The number of hydrogen-bond acceptors (Lipinski definition) is 1. The van der Waals surface area contributed by atoms with Gasteiger partial charge in [-0.3, -0.25) is 4.79 Å². The summed E-state index contributed by atoms with van der Waals surface area (Å²) in [6.45, 7) is 5.96. The fourth-order valence-corrected chi connectivity index (χ4v) is 1.34. The molecule has 0 aliphatic rings. The first-order valence-electron chi connectivity index (χ1n) is 4.86. The predicted molar refractivity (Wildman–Crippen MR) is 63.3 cm³/mol. The van der Waals surface area contributed by atoms with Gasteiger partial charge in [0.25, 0.3) is 5.91 Å². The Labute approximate surface area is 95.8 Å². The van der Waals surface area contributed by atoms with Gasteiger partial charge in [-0.15, -0.1) is 0 Å². The lowest BCUT2D eigenvalue weighted by Crippen LogP contribution is -2.42. The smallest absolute Gasteiger partial charge is 0.255 e. The van der Waals surface area contributed by atoms with Crippen molar-refractivity contribution in [2.75, 3.05) is 7.05 Å². The van der Waals surface area contributed by atoms with Crippen LogP contribution in [0.2, 0.25) is 5.02 Å². The lowest BCUT2D eigenvalue weighted by atomic mass is 10.1. The second-order valence-electron chi connectivity index (χ2n) is 4.51. The van der Waals surface area contributed by atoms with Crippen molar-refractivity contribution in [3.05, 3.63) is 34.9 Å². The Kier molecular flexibility index (Phi) is 3.40. The van der Waals surface area contributed by atoms with Crippen LogP contribution in [0.25, 0.3) is 0 Å². The molecule has 0 saturated heterocycles. The molecule has 15 heavy (non-hydrogen) atoms. The standard InChI is InChI=1S/C12H16ClNO/c1-12(2,3)14(4)11(15)9-7-5-6-8-10(9)13/h5-8H,1-4H3. The van der Waals surface area contributed by atoms with E-state index in [0.717, 1.165) is 0 Å². The maximum absolute atomic E-state index is 12.1. The molecule has 0 heterocycles. The van der Waals surface area contributed by atoms with E-state index in [2.05, 4.69) is 0 Å². The topological polar surface area (TPSA) is 20.3 Å². The molecule has 3 heteroatoms. The van der Waals surface area contributed by atoms with Crippen LogP contribution < -0.4 is 0 Å². The van der Waals surface area contributed by atoms with Crippen molar-refractivity contribution in [3.8, 4) is 0 Å². The van der Waals surface area contributed by atoms with Gasteiger partial charge in [0.15, 0.2) is 0 Å². The Bertz CT molecular complexity index is 368.